The Morgan fingerprint density at radius 3 is 1.96 bits per heavy atom. The summed E-state index contributed by atoms with van der Waals surface area (Å²) in [6.45, 7) is 8.86. The number of rotatable bonds is 9. The fourth-order valence-electron chi connectivity index (χ4n) is 7.05. The molecule has 8 rings (SSSR count). The van der Waals surface area contributed by atoms with Crippen LogP contribution in [0.4, 0.5) is 17.2 Å². The minimum Gasteiger partial charge on any atom is -0.507 e. The highest BCUT2D eigenvalue weighted by atomic mass is 16.3. The van der Waals surface area contributed by atoms with Crippen LogP contribution in [0.15, 0.2) is 164 Å². The monoisotopic (exact) mass is 702 g/mol. The maximum atomic E-state index is 11.2. The average Bonchev–Trinajstić information content (AvgIpc) is 3.21. The van der Waals surface area contributed by atoms with Crippen molar-refractivity contribution in [2.75, 3.05) is 4.90 Å². The molecule has 8 aromatic rings. The molecule has 0 unspecified atom stereocenters. The summed E-state index contributed by atoms with van der Waals surface area (Å²) in [6.07, 6.45) is 3.70. The van der Waals surface area contributed by atoms with Gasteiger partial charge in [-0.3, -0.25) is 9.88 Å². The van der Waals surface area contributed by atoms with E-state index in [1.165, 1.54) is 11.1 Å². The van der Waals surface area contributed by atoms with Gasteiger partial charge in [0.2, 0.25) is 0 Å². The predicted octanol–water partition coefficient (Wildman–Crippen LogP) is 13.1. The zero-order valence-electron chi connectivity index (χ0n) is 31.0. The van der Waals surface area contributed by atoms with Gasteiger partial charge in [0.05, 0.1) is 23.3 Å². The first-order chi connectivity index (χ1) is 26.3. The molecule has 0 bridgehead atoms. The van der Waals surface area contributed by atoms with E-state index in [4.69, 9.17) is 15.0 Å². The van der Waals surface area contributed by atoms with Crippen molar-refractivity contribution in [2.24, 2.45) is 0 Å². The summed E-state index contributed by atoms with van der Waals surface area (Å²) in [5, 5.41) is 13.5. The molecule has 0 amide bonds. The zero-order valence-corrected chi connectivity index (χ0v) is 31.0. The van der Waals surface area contributed by atoms with Gasteiger partial charge >= 0.3 is 0 Å². The quantitative estimate of drug-likeness (QED) is 0.162. The molecule has 264 valence electrons. The molecule has 1 N–H and O–H groups in total. The van der Waals surface area contributed by atoms with Crippen molar-refractivity contribution in [1.82, 2.24) is 15.0 Å². The standard InChI is InChI=1S/C49H42N4O/c1-32(2)36-25-37(33(3)4)27-40(26-36)48-49(43-20-10-11-22-46(43)54)52-44(31-51-48)39-28-38(34-15-6-5-7-16-34)29-41(30-39)53(47-23-12-13-24-50-47)45-21-14-18-35-17-8-9-19-42(35)45/h5-33,54H,1-4H3. The van der Waals surface area contributed by atoms with Gasteiger partial charge < -0.3 is 5.11 Å². The van der Waals surface area contributed by atoms with E-state index in [0.717, 1.165) is 55.9 Å². The van der Waals surface area contributed by atoms with Gasteiger partial charge in [-0.1, -0.05) is 119 Å². The first-order valence-corrected chi connectivity index (χ1v) is 18.5. The van der Waals surface area contributed by atoms with E-state index < -0.39 is 0 Å². The third-order valence-corrected chi connectivity index (χ3v) is 9.98. The second-order valence-electron chi connectivity index (χ2n) is 14.3. The zero-order chi connectivity index (χ0) is 37.2. The summed E-state index contributed by atoms with van der Waals surface area (Å²) in [5.74, 6) is 1.63. The molecule has 0 fully saturated rings. The van der Waals surface area contributed by atoms with Gasteiger partial charge in [0.1, 0.15) is 17.3 Å². The van der Waals surface area contributed by atoms with Crippen LogP contribution >= 0.6 is 0 Å². The lowest BCUT2D eigenvalue weighted by Gasteiger charge is -2.27. The summed E-state index contributed by atoms with van der Waals surface area (Å²) in [5.41, 5.74) is 11.1. The molecule has 5 heteroatoms. The van der Waals surface area contributed by atoms with Crippen molar-refractivity contribution >= 4 is 28.0 Å². The highest BCUT2D eigenvalue weighted by Crippen LogP contribution is 2.43. The minimum absolute atomic E-state index is 0.158. The summed E-state index contributed by atoms with van der Waals surface area (Å²) in [7, 11) is 0. The number of aromatic hydroxyl groups is 1. The topological polar surface area (TPSA) is 62.1 Å². The number of phenolic OH excluding ortho intramolecular Hbond substituents is 1. The van der Waals surface area contributed by atoms with E-state index in [0.29, 0.717) is 28.8 Å². The Balaban J connectivity index is 1.38. The molecular formula is C49H42N4O. The number of anilines is 3. The van der Waals surface area contributed by atoms with Gasteiger partial charge in [0.15, 0.2) is 0 Å². The Morgan fingerprint density at radius 1 is 0.537 bits per heavy atom. The third kappa shape index (κ3) is 6.84. The van der Waals surface area contributed by atoms with E-state index in [1.54, 1.807) is 6.07 Å². The van der Waals surface area contributed by atoms with E-state index >= 15 is 0 Å². The maximum absolute atomic E-state index is 11.2. The Morgan fingerprint density at radius 2 is 1.22 bits per heavy atom. The van der Waals surface area contributed by atoms with Crippen LogP contribution in [0.1, 0.15) is 50.7 Å². The van der Waals surface area contributed by atoms with Crippen molar-refractivity contribution in [2.45, 2.75) is 39.5 Å². The van der Waals surface area contributed by atoms with Crippen LogP contribution in [0.3, 0.4) is 0 Å². The van der Waals surface area contributed by atoms with Gasteiger partial charge in [0, 0.05) is 34.0 Å². The molecule has 0 aliphatic carbocycles. The van der Waals surface area contributed by atoms with Crippen LogP contribution in [0.5, 0.6) is 5.75 Å². The first kappa shape index (κ1) is 34.5. The summed E-state index contributed by atoms with van der Waals surface area (Å²) in [6, 6.07) is 51.9. The highest BCUT2D eigenvalue weighted by Gasteiger charge is 2.22. The van der Waals surface area contributed by atoms with Crippen LogP contribution in [0, 0.1) is 0 Å². The maximum Gasteiger partial charge on any atom is 0.137 e. The van der Waals surface area contributed by atoms with Crippen LogP contribution in [-0.2, 0) is 0 Å². The lowest BCUT2D eigenvalue weighted by molar-refractivity contribution is 0.477. The number of pyridine rings is 1. The Hall–Kier alpha value is -6.59. The number of aromatic nitrogens is 3. The highest BCUT2D eigenvalue weighted by molar-refractivity contribution is 5.99. The molecule has 0 radical (unpaired) electrons. The smallest absolute Gasteiger partial charge is 0.137 e. The van der Waals surface area contributed by atoms with Gasteiger partial charge in [-0.05, 0) is 100 Å². The normalized spacial score (nSPS) is 11.4. The van der Waals surface area contributed by atoms with E-state index in [1.807, 2.05) is 54.9 Å². The Labute approximate surface area is 317 Å². The van der Waals surface area contributed by atoms with Gasteiger partial charge in [-0.15, -0.1) is 0 Å². The number of benzene rings is 6. The number of phenols is 1. The third-order valence-electron chi connectivity index (χ3n) is 9.98. The van der Waals surface area contributed by atoms with Crippen molar-refractivity contribution in [3.05, 3.63) is 175 Å². The molecule has 0 aliphatic rings. The van der Waals surface area contributed by atoms with Crippen LogP contribution < -0.4 is 4.90 Å². The van der Waals surface area contributed by atoms with Crippen molar-refractivity contribution in [3.63, 3.8) is 0 Å². The number of para-hydroxylation sites is 1. The molecule has 54 heavy (non-hydrogen) atoms. The fraction of sp³-hybridized carbons (Fsp3) is 0.122. The van der Waals surface area contributed by atoms with E-state index in [-0.39, 0.29) is 5.75 Å². The lowest BCUT2D eigenvalue weighted by Crippen LogP contribution is -2.12. The molecule has 0 atom stereocenters. The van der Waals surface area contributed by atoms with Crippen molar-refractivity contribution < 1.29 is 5.11 Å². The molecule has 0 spiro atoms. The number of hydrogen-bond donors (Lipinski definition) is 1. The molecule has 5 nitrogen and oxygen atoms in total. The number of hydrogen-bond acceptors (Lipinski definition) is 5. The number of nitrogens with zero attached hydrogens (tertiary/aromatic N) is 4. The van der Waals surface area contributed by atoms with Crippen LogP contribution in [0.2, 0.25) is 0 Å². The summed E-state index contributed by atoms with van der Waals surface area (Å²) < 4.78 is 0. The lowest BCUT2D eigenvalue weighted by atomic mass is 9.91. The number of fused-ring (bicyclic) bond motifs is 1. The molecule has 6 aromatic carbocycles. The first-order valence-electron chi connectivity index (χ1n) is 18.5. The summed E-state index contributed by atoms with van der Waals surface area (Å²) >= 11 is 0. The molecule has 0 saturated carbocycles. The Kier molecular flexibility index (Phi) is 9.45. The molecule has 0 aliphatic heterocycles. The SMILES string of the molecule is CC(C)c1cc(-c2ncc(-c3cc(-c4ccccc4)cc(N(c4ccccn4)c4cccc5ccccc45)c3)nc2-c2ccccc2O)cc(C(C)C)c1. The average molecular weight is 703 g/mol. The van der Waals surface area contributed by atoms with E-state index in [9.17, 15) is 5.11 Å². The largest absolute Gasteiger partial charge is 0.507 e. The van der Waals surface area contributed by atoms with Crippen molar-refractivity contribution in [1.29, 1.82) is 0 Å². The summed E-state index contributed by atoms with van der Waals surface area (Å²) in [4.78, 5) is 17.6. The molecule has 2 heterocycles. The van der Waals surface area contributed by atoms with Gasteiger partial charge in [-0.2, -0.15) is 0 Å². The van der Waals surface area contributed by atoms with Gasteiger partial charge in [0.25, 0.3) is 0 Å². The predicted molar refractivity (Wildman–Crippen MR) is 224 cm³/mol. The molecule has 0 saturated heterocycles. The second kappa shape index (κ2) is 14.8. The molecular weight excluding hydrogens is 661 g/mol. The van der Waals surface area contributed by atoms with Crippen LogP contribution in [-0.4, -0.2) is 20.1 Å². The minimum atomic E-state index is 0.158. The van der Waals surface area contributed by atoms with Gasteiger partial charge in [-0.25, -0.2) is 9.97 Å². The molecule has 2 aromatic heterocycles. The van der Waals surface area contributed by atoms with E-state index in [2.05, 4.69) is 136 Å². The van der Waals surface area contributed by atoms with Crippen molar-refractivity contribution in [3.8, 4) is 50.6 Å². The second-order valence-corrected chi connectivity index (χ2v) is 14.3. The Bertz CT molecular complexity index is 2550. The fourth-order valence-corrected chi connectivity index (χ4v) is 7.05. The van der Waals surface area contributed by atoms with Crippen LogP contribution in [0.25, 0.3) is 55.7 Å².